The van der Waals surface area contributed by atoms with E-state index in [4.69, 9.17) is 0 Å². The van der Waals surface area contributed by atoms with E-state index >= 15 is 0 Å². The summed E-state index contributed by atoms with van der Waals surface area (Å²) >= 11 is 0. The van der Waals surface area contributed by atoms with Gasteiger partial charge in [-0.1, -0.05) is 12.1 Å². The number of hydrogen-bond donors (Lipinski definition) is 1. The van der Waals surface area contributed by atoms with Gasteiger partial charge in [0.2, 0.25) is 5.91 Å². The fourth-order valence-electron chi connectivity index (χ4n) is 3.05. The highest BCUT2D eigenvalue weighted by atomic mass is 32.2. The molecule has 0 radical (unpaired) electrons. The molecule has 1 aromatic carbocycles. The van der Waals surface area contributed by atoms with Gasteiger partial charge in [-0.3, -0.25) is 4.79 Å². The molecule has 1 aromatic rings. The molecule has 6 heteroatoms. The van der Waals surface area contributed by atoms with Crippen molar-refractivity contribution in [2.24, 2.45) is 0 Å². The number of carbonyl (C=O) groups is 1. The largest absolute Gasteiger partial charge is 0.376 e. The van der Waals surface area contributed by atoms with Crippen LogP contribution < -0.4 is 5.32 Å². The van der Waals surface area contributed by atoms with Gasteiger partial charge in [-0.05, 0) is 50.3 Å². The first-order valence-corrected chi connectivity index (χ1v) is 10.1. The van der Waals surface area contributed by atoms with Crippen LogP contribution in [0.25, 0.3) is 0 Å². The van der Waals surface area contributed by atoms with Crippen molar-refractivity contribution >= 4 is 21.4 Å². The van der Waals surface area contributed by atoms with Crippen molar-refractivity contribution < 1.29 is 13.2 Å². The van der Waals surface area contributed by atoms with Crippen LogP contribution in [0.15, 0.2) is 18.2 Å². The van der Waals surface area contributed by atoms with Gasteiger partial charge in [0.25, 0.3) is 0 Å². The fourth-order valence-corrected chi connectivity index (χ4v) is 3.93. The van der Waals surface area contributed by atoms with Crippen LogP contribution in [-0.4, -0.2) is 44.6 Å². The van der Waals surface area contributed by atoms with Crippen molar-refractivity contribution in [2.75, 3.05) is 24.7 Å². The summed E-state index contributed by atoms with van der Waals surface area (Å²) in [7, 11) is -3.08. The lowest BCUT2D eigenvalue weighted by Crippen LogP contribution is -2.44. The number of anilines is 1. The number of benzene rings is 1. The minimum atomic E-state index is -3.08. The lowest BCUT2D eigenvalue weighted by atomic mass is 10.0. The standard InChI is InChI=1S/C17H26N2O3S/c1-13-7-4-5-10-19(13)17(20)11-18-16-9-6-8-15(14(16)2)12-23(3,21)22/h6,8-9,13,18H,4-5,7,10-12H2,1-3H3/t13-/m1/s1. The number of rotatable bonds is 5. The quantitative estimate of drug-likeness (QED) is 0.895. The lowest BCUT2D eigenvalue weighted by Gasteiger charge is -2.33. The molecule has 0 unspecified atom stereocenters. The maximum atomic E-state index is 12.4. The third-order valence-corrected chi connectivity index (χ3v) is 5.25. The summed E-state index contributed by atoms with van der Waals surface area (Å²) in [6.07, 6.45) is 4.55. The molecule has 1 amide bonds. The first-order chi connectivity index (χ1) is 10.8. The third kappa shape index (κ3) is 4.96. The van der Waals surface area contributed by atoms with Crippen LogP contribution in [0.4, 0.5) is 5.69 Å². The van der Waals surface area contributed by atoms with Crippen LogP contribution in [0.1, 0.15) is 37.3 Å². The Morgan fingerprint density at radius 1 is 1.35 bits per heavy atom. The van der Waals surface area contributed by atoms with E-state index in [-0.39, 0.29) is 18.2 Å². The molecule has 0 spiro atoms. The Kier molecular flexibility index (Phi) is 5.68. The van der Waals surface area contributed by atoms with E-state index in [0.29, 0.717) is 6.04 Å². The Morgan fingerprint density at radius 2 is 2.09 bits per heavy atom. The molecule has 0 aromatic heterocycles. The maximum absolute atomic E-state index is 12.4. The number of hydrogen-bond acceptors (Lipinski definition) is 4. The summed E-state index contributed by atoms with van der Waals surface area (Å²) in [4.78, 5) is 14.3. The molecule has 1 aliphatic rings. The van der Waals surface area contributed by atoms with Gasteiger partial charge in [0.05, 0.1) is 12.3 Å². The lowest BCUT2D eigenvalue weighted by molar-refractivity contribution is -0.132. The van der Waals surface area contributed by atoms with E-state index in [2.05, 4.69) is 12.2 Å². The van der Waals surface area contributed by atoms with Gasteiger partial charge >= 0.3 is 0 Å². The van der Waals surface area contributed by atoms with Crippen LogP contribution >= 0.6 is 0 Å². The van der Waals surface area contributed by atoms with Crippen LogP contribution in [0.3, 0.4) is 0 Å². The minimum Gasteiger partial charge on any atom is -0.376 e. The Labute approximate surface area is 139 Å². The second-order valence-electron chi connectivity index (χ2n) is 6.45. The summed E-state index contributed by atoms with van der Waals surface area (Å²) < 4.78 is 23.0. The van der Waals surface area contributed by atoms with Gasteiger partial charge in [-0.25, -0.2) is 8.42 Å². The van der Waals surface area contributed by atoms with E-state index in [0.717, 1.165) is 36.2 Å². The van der Waals surface area contributed by atoms with E-state index in [9.17, 15) is 13.2 Å². The van der Waals surface area contributed by atoms with E-state index in [1.807, 2.05) is 30.0 Å². The highest BCUT2D eigenvalue weighted by Crippen LogP contribution is 2.21. The Hall–Kier alpha value is -1.56. The average molecular weight is 338 g/mol. The molecule has 5 nitrogen and oxygen atoms in total. The molecule has 1 saturated heterocycles. The van der Waals surface area contributed by atoms with E-state index in [1.165, 1.54) is 12.7 Å². The van der Waals surface area contributed by atoms with Gasteiger partial charge in [-0.15, -0.1) is 0 Å². The zero-order valence-electron chi connectivity index (χ0n) is 14.1. The molecular formula is C17H26N2O3S. The zero-order valence-corrected chi connectivity index (χ0v) is 14.9. The molecule has 1 N–H and O–H groups in total. The molecule has 2 rings (SSSR count). The first kappa shape index (κ1) is 17.8. The van der Waals surface area contributed by atoms with Gasteiger partial charge in [-0.2, -0.15) is 0 Å². The van der Waals surface area contributed by atoms with Crippen LogP contribution in [0.2, 0.25) is 0 Å². The molecule has 0 aliphatic carbocycles. The molecule has 1 atom stereocenters. The van der Waals surface area contributed by atoms with Crippen molar-refractivity contribution in [3.05, 3.63) is 29.3 Å². The van der Waals surface area contributed by atoms with Gasteiger partial charge in [0, 0.05) is 24.5 Å². The van der Waals surface area contributed by atoms with Crippen molar-refractivity contribution in [3.63, 3.8) is 0 Å². The summed E-state index contributed by atoms with van der Waals surface area (Å²) in [5.41, 5.74) is 2.48. The summed E-state index contributed by atoms with van der Waals surface area (Å²) in [5.74, 6) is 0.121. The van der Waals surface area contributed by atoms with Crippen molar-refractivity contribution in [1.29, 1.82) is 0 Å². The van der Waals surface area contributed by atoms with E-state index in [1.54, 1.807) is 0 Å². The number of nitrogens with zero attached hydrogens (tertiary/aromatic N) is 1. The molecule has 0 bridgehead atoms. The van der Waals surface area contributed by atoms with Gasteiger partial charge in [0.1, 0.15) is 0 Å². The highest BCUT2D eigenvalue weighted by Gasteiger charge is 2.22. The predicted molar refractivity (Wildman–Crippen MR) is 93.2 cm³/mol. The predicted octanol–water partition coefficient (Wildman–Crippen LogP) is 2.35. The Morgan fingerprint density at radius 3 is 2.74 bits per heavy atom. The summed E-state index contributed by atoms with van der Waals surface area (Å²) in [5, 5.41) is 3.17. The van der Waals surface area contributed by atoms with Crippen LogP contribution in [0.5, 0.6) is 0 Å². The third-order valence-electron chi connectivity index (χ3n) is 4.42. The molecule has 128 valence electrons. The van der Waals surface area contributed by atoms with E-state index < -0.39 is 9.84 Å². The number of carbonyl (C=O) groups excluding carboxylic acids is 1. The Bertz CT molecular complexity index is 670. The summed E-state index contributed by atoms with van der Waals surface area (Å²) in [6.45, 7) is 5.05. The Balaban J connectivity index is 2.03. The normalized spacial score (nSPS) is 18.7. The molecular weight excluding hydrogens is 312 g/mol. The summed E-state index contributed by atoms with van der Waals surface area (Å²) in [6, 6.07) is 5.82. The van der Waals surface area contributed by atoms with Crippen molar-refractivity contribution in [2.45, 2.75) is 44.9 Å². The van der Waals surface area contributed by atoms with Crippen LogP contribution in [-0.2, 0) is 20.4 Å². The minimum absolute atomic E-state index is 0.0193. The van der Waals surface area contributed by atoms with Crippen LogP contribution in [0, 0.1) is 6.92 Å². The maximum Gasteiger partial charge on any atom is 0.242 e. The van der Waals surface area contributed by atoms with Gasteiger partial charge in [0.15, 0.2) is 9.84 Å². The van der Waals surface area contributed by atoms with Crippen molar-refractivity contribution in [3.8, 4) is 0 Å². The highest BCUT2D eigenvalue weighted by molar-refractivity contribution is 7.89. The number of nitrogens with one attached hydrogen (secondary N) is 1. The molecule has 23 heavy (non-hydrogen) atoms. The topological polar surface area (TPSA) is 66.5 Å². The number of piperidine rings is 1. The second kappa shape index (κ2) is 7.34. The molecule has 1 heterocycles. The zero-order chi connectivity index (χ0) is 17.0. The second-order valence-corrected chi connectivity index (χ2v) is 8.59. The number of amides is 1. The van der Waals surface area contributed by atoms with Gasteiger partial charge < -0.3 is 10.2 Å². The molecule has 0 saturated carbocycles. The smallest absolute Gasteiger partial charge is 0.242 e. The molecule has 1 fully saturated rings. The number of sulfone groups is 1. The fraction of sp³-hybridized carbons (Fsp3) is 0.588. The number of likely N-dealkylation sites (tertiary alicyclic amines) is 1. The average Bonchev–Trinajstić information content (AvgIpc) is 2.47. The first-order valence-electron chi connectivity index (χ1n) is 8.07. The molecule has 1 aliphatic heterocycles. The monoisotopic (exact) mass is 338 g/mol. The SMILES string of the molecule is Cc1c(CS(C)(=O)=O)cccc1NCC(=O)N1CCCC[C@H]1C. The van der Waals surface area contributed by atoms with Crippen molar-refractivity contribution in [1.82, 2.24) is 4.90 Å².